The van der Waals surface area contributed by atoms with Gasteiger partial charge in [-0.15, -0.1) is 0 Å². The van der Waals surface area contributed by atoms with Gasteiger partial charge in [0.2, 0.25) is 23.5 Å². The molecule has 24 heteroatoms. The Bertz CT molecular complexity index is 3470. The van der Waals surface area contributed by atoms with Crippen LogP contribution in [-0.2, 0) is 27.5 Å². The summed E-state index contributed by atoms with van der Waals surface area (Å²) in [5.41, 5.74) is -2.38. The third-order valence-corrected chi connectivity index (χ3v) is 9.97. The van der Waals surface area contributed by atoms with Gasteiger partial charge in [-0.2, -0.15) is 46.5 Å². The smallest absolute Gasteiger partial charge is 0.304 e. The fraction of sp³-hybridized carbons (Fsp3) is 0.261. The van der Waals surface area contributed by atoms with Gasteiger partial charge in [-0.05, 0) is 73.2 Å². The van der Waals surface area contributed by atoms with E-state index in [4.69, 9.17) is 6.63 Å². The van der Waals surface area contributed by atoms with Crippen molar-refractivity contribution in [3.05, 3.63) is 193 Å². The number of H-pyrrole nitrogens is 3. The number of aromatic amines is 3. The lowest BCUT2D eigenvalue weighted by atomic mass is 9.95. The fourth-order valence-corrected chi connectivity index (χ4v) is 6.91. The molecular weight excluding hydrogens is 955 g/mol. The van der Waals surface area contributed by atoms with E-state index < -0.39 is 110 Å². The normalized spacial score (nSPS) is 10.9. The molecule has 0 saturated heterocycles. The van der Waals surface area contributed by atoms with Crippen LogP contribution >= 0.6 is 0 Å². The summed E-state index contributed by atoms with van der Waals surface area (Å²) >= 11 is 0. The second kappa shape index (κ2) is 23.3. The summed E-state index contributed by atoms with van der Waals surface area (Å²) in [6.45, 7) is 8.65. The summed E-state index contributed by atoms with van der Waals surface area (Å²) in [6.07, 6.45) is 0.735. The summed E-state index contributed by atoms with van der Waals surface area (Å²) in [7, 11) is -2.55. The first-order valence-corrected chi connectivity index (χ1v) is 21.7. The number of carbonyl (C=O) groups excluding carboxylic acids is 2. The van der Waals surface area contributed by atoms with E-state index in [1.165, 1.54) is 25.6 Å². The lowest BCUT2D eigenvalue weighted by molar-refractivity contribution is 0.102. The summed E-state index contributed by atoms with van der Waals surface area (Å²) in [5, 5.41) is 18.2. The minimum Gasteiger partial charge on any atom is -0.304 e. The number of nitriles is 2. The summed E-state index contributed by atoms with van der Waals surface area (Å²) in [6, 6.07) is 14.1. The molecule has 4 heterocycles. The number of carbonyl (C=O) groups is 2. The summed E-state index contributed by atoms with van der Waals surface area (Å²) in [5.74, 6) is -10.9. The van der Waals surface area contributed by atoms with E-state index in [0.717, 1.165) is 16.4 Å². The van der Waals surface area contributed by atoms with Crippen molar-refractivity contribution in [2.75, 3.05) is 6.26 Å². The van der Waals surface area contributed by atoms with E-state index in [2.05, 4.69) is 29.1 Å². The van der Waals surface area contributed by atoms with Gasteiger partial charge in [-0.1, -0.05) is 35.1 Å². The highest BCUT2D eigenvalue weighted by molar-refractivity contribution is 7.85. The minimum atomic E-state index is -3.80. The van der Waals surface area contributed by atoms with E-state index in [0.29, 0.717) is 23.3 Å². The van der Waals surface area contributed by atoms with Crippen molar-refractivity contribution in [1.29, 1.82) is 10.5 Å². The van der Waals surface area contributed by atoms with Gasteiger partial charge in [0.1, 0.15) is 5.69 Å². The first kappa shape index (κ1) is 54.5. The number of ketones is 2. The molecule has 4 aromatic heterocycles. The first-order valence-electron chi connectivity index (χ1n) is 20.9. The van der Waals surface area contributed by atoms with Crippen molar-refractivity contribution in [3.8, 4) is 12.1 Å². The van der Waals surface area contributed by atoms with E-state index >= 15 is 0 Å². The number of hydrogen-bond donors (Lipinski definition) is 3. The van der Waals surface area contributed by atoms with Crippen molar-refractivity contribution in [1.82, 2.24) is 29.5 Å². The molecule has 0 fully saturated rings. The maximum Gasteiger partial charge on any atom is 0.329 e. The predicted octanol–water partition coefficient (Wildman–Crippen LogP) is 6.14. The summed E-state index contributed by atoms with van der Waals surface area (Å²) in [4.78, 5) is 86.6. The molecule has 0 amide bonds. The standard InChI is InChI=1S/C22H17F3N4O3.C16H15N3O3.C7H6F3NO3S.CH4/c1-10(2)16-18(19(30)13-5-11(3)4-12(6-13)8-26)29(22(32)28-21(16)31)9-14-7-15(23)27-20(25)17(14)24;1-8(2)12-13(18-16(22)19-15(12)21)14(20)11-5-9(3)4-10(6-11)7-17;1-15(12,13)14-3-4-2-5(8)11-7(10)6(4)9;/h4-7,10H,9H2,1-3H3,(H,28,31,32);4-6,8H,1-3H3,(H2,18,19,21,22);2H,3H2,1H3;1H4/i;;;1D. The van der Waals surface area contributed by atoms with Crippen LogP contribution < -0.4 is 22.5 Å². The van der Waals surface area contributed by atoms with Gasteiger partial charge >= 0.3 is 11.4 Å². The van der Waals surface area contributed by atoms with Crippen molar-refractivity contribution < 1.29 is 49.9 Å². The van der Waals surface area contributed by atoms with Crippen molar-refractivity contribution >= 4 is 21.7 Å². The average Bonchev–Trinajstić information content (AvgIpc) is 3.28. The lowest BCUT2D eigenvalue weighted by Crippen LogP contribution is -2.38. The molecular formula is C46H42F6N8O9S. The number of hydrogen-bond acceptors (Lipinski definition) is 13. The number of nitrogens with one attached hydrogen (secondary N) is 3. The van der Waals surface area contributed by atoms with Crippen LogP contribution in [0, 0.1) is 71.9 Å². The molecule has 3 N–H and O–H groups in total. The Hall–Kier alpha value is -8.09. The average molecular weight is 998 g/mol. The molecule has 2 aromatic carbocycles. The fourth-order valence-electron chi connectivity index (χ4n) is 6.57. The number of pyridine rings is 2. The van der Waals surface area contributed by atoms with Gasteiger partial charge in [0.05, 0.1) is 48.4 Å². The Morgan fingerprint density at radius 3 is 1.64 bits per heavy atom. The Labute approximate surface area is 395 Å². The third kappa shape index (κ3) is 14.0. The third-order valence-electron chi connectivity index (χ3n) is 9.43. The van der Waals surface area contributed by atoms with Crippen LogP contribution in [0.2, 0.25) is 0 Å². The molecule has 6 aromatic rings. The zero-order valence-electron chi connectivity index (χ0n) is 39.3. The molecule has 70 heavy (non-hydrogen) atoms. The Morgan fingerprint density at radius 1 is 0.714 bits per heavy atom. The minimum absolute atomic E-state index is 0.0229. The largest absolute Gasteiger partial charge is 0.329 e. The quantitative estimate of drug-likeness (QED) is 0.0570. The maximum atomic E-state index is 14.2. The van der Waals surface area contributed by atoms with Crippen molar-refractivity contribution in [2.45, 2.75) is 73.9 Å². The lowest BCUT2D eigenvalue weighted by Gasteiger charge is -2.18. The van der Waals surface area contributed by atoms with Crippen LogP contribution in [0.25, 0.3) is 0 Å². The maximum absolute atomic E-state index is 14.2. The number of halogens is 6. The molecule has 0 atom stereocenters. The van der Waals surface area contributed by atoms with E-state index in [1.54, 1.807) is 59.7 Å². The number of aryl methyl sites for hydroxylation is 2. The highest BCUT2D eigenvalue weighted by Gasteiger charge is 2.27. The molecule has 0 aliphatic carbocycles. The molecule has 0 aliphatic rings. The van der Waals surface area contributed by atoms with Crippen LogP contribution in [0.15, 0.2) is 67.7 Å². The monoisotopic (exact) mass is 997 g/mol. The van der Waals surface area contributed by atoms with E-state index in [9.17, 15) is 68.8 Å². The van der Waals surface area contributed by atoms with Gasteiger partial charge in [0.15, 0.2) is 11.6 Å². The molecule has 0 unspecified atom stereocenters. The second-order valence-electron chi connectivity index (χ2n) is 15.6. The topological polar surface area (TPSA) is 271 Å². The van der Waals surface area contributed by atoms with Crippen molar-refractivity contribution in [2.24, 2.45) is 0 Å². The molecule has 0 radical (unpaired) electrons. The highest BCUT2D eigenvalue weighted by atomic mass is 32.2. The molecule has 0 spiro atoms. The Morgan fingerprint density at radius 2 is 1.17 bits per heavy atom. The van der Waals surface area contributed by atoms with Gasteiger partial charge < -0.3 is 4.98 Å². The van der Waals surface area contributed by atoms with Gasteiger partial charge in [0, 0.05) is 46.9 Å². The van der Waals surface area contributed by atoms with Crippen molar-refractivity contribution in [3.63, 3.8) is 0 Å². The van der Waals surface area contributed by atoms with Crippen LogP contribution in [0.5, 0.6) is 0 Å². The Kier molecular flexibility index (Phi) is 18.1. The molecule has 368 valence electrons. The predicted molar refractivity (Wildman–Crippen MR) is 240 cm³/mol. The number of rotatable bonds is 11. The van der Waals surface area contributed by atoms with Crippen LogP contribution in [-0.4, -0.2) is 55.7 Å². The van der Waals surface area contributed by atoms with E-state index in [-0.39, 0.29) is 45.1 Å². The first-order chi connectivity index (χ1) is 33.1. The van der Waals surface area contributed by atoms with Gasteiger partial charge in [0.25, 0.3) is 33.1 Å². The molecule has 6 rings (SSSR count). The molecule has 17 nitrogen and oxygen atoms in total. The SMILES string of the molecule is CS(=O)(=O)OCc1cc(F)nc(F)c1F.Cc1cc(C#N)cc(C(=O)c2[nH]c(=O)[nH]c(=O)c2C(C)C)c1.Cc1cc(C#N)cc(C(=O)c2c(C(C)C)c(=O)[nH]c(=O)n2Cc2cc(F)nc(F)c2F)c1.[2H]C. The molecule has 0 bridgehead atoms. The molecule has 0 aliphatic heterocycles. The zero-order chi connectivity index (χ0) is 53.8. The van der Waals surface area contributed by atoms with Crippen LogP contribution in [0.3, 0.4) is 0 Å². The van der Waals surface area contributed by atoms with Crippen LogP contribution in [0.1, 0.15) is 125 Å². The second-order valence-corrected chi connectivity index (χ2v) is 17.2. The van der Waals surface area contributed by atoms with Gasteiger partial charge in [-0.3, -0.25) is 37.9 Å². The van der Waals surface area contributed by atoms with Crippen LogP contribution in [0.4, 0.5) is 26.3 Å². The van der Waals surface area contributed by atoms with E-state index in [1.807, 2.05) is 12.1 Å². The number of benzene rings is 2. The summed E-state index contributed by atoms with van der Waals surface area (Å²) < 4.78 is 111. The Balaban J connectivity index is 0.000000296. The van der Waals surface area contributed by atoms with Gasteiger partial charge in [-0.25, -0.2) is 18.4 Å². The molecule has 0 saturated carbocycles. The number of aromatic nitrogens is 6. The zero-order valence-corrected chi connectivity index (χ0v) is 39.1. The number of nitrogens with zero attached hydrogens (tertiary/aromatic N) is 5. The highest BCUT2D eigenvalue weighted by Crippen LogP contribution is 2.23.